The van der Waals surface area contributed by atoms with Crippen molar-refractivity contribution in [3.05, 3.63) is 28.8 Å². The Morgan fingerprint density at radius 2 is 2.06 bits per heavy atom. The van der Waals surface area contributed by atoms with Gasteiger partial charge in [-0.1, -0.05) is 43.5 Å². The summed E-state index contributed by atoms with van der Waals surface area (Å²) < 4.78 is 0. The Hall–Kier alpha value is -0.730. The number of hydrogen-bond acceptors (Lipinski definition) is 2. The Balaban J connectivity index is 2.06. The van der Waals surface area contributed by atoms with Gasteiger partial charge in [-0.3, -0.25) is 4.90 Å². The van der Waals surface area contributed by atoms with Crippen molar-refractivity contribution in [3.63, 3.8) is 0 Å². The molecular formula is C15H22ClNO. The zero-order chi connectivity index (χ0) is 13.1. The van der Waals surface area contributed by atoms with Crippen molar-refractivity contribution in [2.75, 3.05) is 7.05 Å². The molecule has 0 radical (unpaired) electrons. The first-order valence-electron chi connectivity index (χ1n) is 6.76. The van der Waals surface area contributed by atoms with Gasteiger partial charge in [0.05, 0.1) is 5.02 Å². The van der Waals surface area contributed by atoms with Crippen LogP contribution < -0.4 is 0 Å². The first-order valence-corrected chi connectivity index (χ1v) is 7.14. The second kappa shape index (κ2) is 5.94. The molecule has 2 nitrogen and oxygen atoms in total. The summed E-state index contributed by atoms with van der Waals surface area (Å²) >= 11 is 5.94. The highest BCUT2D eigenvalue weighted by Crippen LogP contribution is 2.31. The Labute approximate surface area is 115 Å². The lowest BCUT2D eigenvalue weighted by atomic mass is 9.85. The fourth-order valence-electron chi connectivity index (χ4n) is 3.03. The fraction of sp³-hybridized carbons (Fsp3) is 0.600. The first-order chi connectivity index (χ1) is 8.59. The molecule has 0 amide bonds. The summed E-state index contributed by atoms with van der Waals surface area (Å²) in [6.45, 7) is 3.10. The molecule has 0 aromatic heterocycles. The van der Waals surface area contributed by atoms with Gasteiger partial charge in [0, 0.05) is 18.2 Å². The summed E-state index contributed by atoms with van der Waals surface area (Å²) in [4.78, 5) is 2.36. The Morgan fingerprint density at radius 3 is 2.78 bits per heavy atom. The monoisotopic (exact) mass is 267 g/mol. The van der Waals surface area contributed by atoms with Crippen LogP contribution in [-0.4, -0.2) is 23.1 Å². The highest BCUT2D eigenvalue weighted by atomic mass is 35.5. The Kier molecular flexibility index (Phi) is 4.52. The average molecular weight is 268 g/mol. The molecule has 3 heteroatoms. The molecule has 1 aliphatic carbocycles. The number of phenols is 1. The molecule has 2 rings (SSSR count). The minimum absolute atomic E-state index is 0.231. The van der Waals surface area contributed by atoms with E-state index in [-0.39, 0.29) is 5.75 Å². The van der Waals surface area contributed by atoms with Gasteiger partial charge in [0.25, 0.3) is 0 Å². The van der Waals surface area contributed by atoms with Crippen molar-refractivity contribution in [1.29, 1.82) is 0 Å². The van der Waals surface area contributed by atoms with Crippen molar-refractivity contribution in [2.24, 2.45) is 5.92 Å². The second-order valence-corrected chi connectivity index (χ2v) is 5.90. The zero-order valence-electron chi connectivity index (χ0n) is 11.2. The van der Waals surface area contributed by atoms with Gasteiger partial charge >= 0.3 is 0 Å². The van der Waals surface area contributed by atoms with Gasteiger partial charge in [0.2, 0.25) is 0 Å². The van der Waals surface area contributed by atoms with E-state index in [2.05, 4.69) is 18.9 Å². The van der Waals surface area contributed by atoms with Crippen molar-refractivity contribution >= 4 is 11.6 Å². The number of phenolic OH excluding ortho intramolecular Hbond substituents is 1. The maximum Gasteiger partial charge on any atom is 0.138 e. The fourth-order valence-corrected chi connectivity index (χ4v) is 3.22. The first kappa shape index (κ1) is 13.7. The smallest absolute Gasteiger partial charge is 0.138 e. The predicted molar refractivity (Wildman–Crippen MR) is 76.0 cm³/mol. The molecule has 0 heterocycles. The lowest BCUT2D eigenvalue weighted by Crippen LogP contribution is -2.38. The third kappa shape index (κ3) is 2.99. The topological polar surface area (TPSA) is 23.5 Å². The van der Waals surface area contributed by atoms with Crippen LogP contribution in [-0.2, 0) is 6.54 Å². The summed E-state index contributed by atoms with van der Waals surface area (Å²) in [6, 6.07) is 6.20. The van der Waals surface area contributed by atoms with Crippen LogP contribution in [0.15, 0.2) is 18.2 Å². The van der Waals surface area contributed by atoms with Gasteiger partial charge in [0.15, 0.2) is 0 Å². The van der Waals surface area contributed by atoms with E-state index >= 15 is 0 Å². The van der Waals surface area contributed by atoms with E-state index in [1.54, 1.807) is 6.07 Å². The van der Waals surface area contributed by atoms with Crippen molar-refractivity contribution in [3.8, 4) is 5.75 Å². The highest BCUT2D eigenvalue weighted by Gasteiger charge is 2.25. The van der Waals surface area contributed by atoms with Crippen molar-refractivity contribution in [2.45, 2.75) is 45.2 Å². The average Bonchev–Trinajstić information content (AvgIpc) is 2.35. The zero-order valence-corrected chi connectivity index (χ0v) is 12.0. The molecule has 1 aromatic carbocycles. The number of hydrogen-bond donors (Lipinski definition) is 1. The predicted octanol–water partition coefficient (Wildman–Crippen LogP) is 4.06. The SMILES string of the molecule is CC1CCCCC1N(C)Cc1cccc(Cl)c1O. The molecule has 2 atom stereocenters. The van der Waals surface area contributed by atoms with Crippen LogP contribution in [0.3, 0.4) is 0 Å². The van der Waals surface area contributed by atoms with Gasteiger partial charge in [-0.2, -0.15) is 0 Å². The molecule has 0 bridgehead atoms. The largest absolute Gasteiger partial charge is 0.506 e. The summed E-state index contributed by atoms with van der Waals surface area (Å²) in [7, 11) is 2.15. The minimum atomic E-state index is 0.231. The molecule has 2 unspecified atom stereocenters. The number of rotatable bonds is 3. The number of nitrogens with zero attached hydrogens (tertiary/aromatic N) is 1. The molecule has 1 aliphatic rings. The van der Waals surface area contributed by atoms with Crippen LogP contribution in [0, 0.1) is 5.92 Å². The number of para-hydroxylation sites is 1. The summed E-state index contributed by atoms with van der Waals surface area (Å²) in [5.41, 5.74) is 0.919. The number of halogens is 1. The maximum atomic E-state index is 9.95. The van der Waals surface area contributed by atoms with Crippen LogP contribution >= 0.6 is 11.6 Å². The maximum absolute atomic E-state index is 9.95. The molecule has 0 aliphatic heterocycles. The lowest BCUT2D eigenvalue weighted by molar-refractivity contribution is 0.132. The molecule has 1 fully saturated rings. The molecule has 0 saturated heterocycles. The molecule has 0 spiro atoms. The summed E-state index contributed by atoms with van der Waals surface area (Å²) in [6.07, 6.45) is 5.25. The summed E-state index contributed by atoms with van der Waals surface area (Å²) in [5.74, 6) is 0.972. The van der Waals surface area contributed by atoms with Crippen molar-refractivity contribution in [1.82, 2.24) is 4.90 Å². The third-order valence-corrected chi connectivity index (χ3v) is 4.43. The van der Waals surface area contributed by atoms with E-state index in [0.29, 0.717) is 11.1 Å². The molecular weight excluding hydrogens is 246 g/mol. The van der Waals surface area contributed by atoms with Gasteiger partial charge in [-0.15, -0.1) is 0 Å². The third-order valence-electron chi connectivity index (χ3n) is 4.12. The van der Waals surface area contributed by atoms with Crippen molar-refractivity contribution < 1.29 is 5.11 Å². The van der Waals surface area contributed by atoms with Crippen LogP contribution in [0.1, 0.15) is 38.2 Å². The normalized spacial score (nSPS) is 24.4. The number of aromatic hydroxyl groups is 1. The summed E-state index contributed by atoms with van der Waals surface area (Å²) in [5, 5.41) is 10.4. The molecule has 1 saturated carbocycles. The van der Waals surface area contributed by atoms with Crippen LogP contribution in [0.2, 0.25) is 5.02 Å². The molecule has 18 heavy (non-hydrogen) atoms. The lowest BCUT2D eigenvalue weighted by Gasteiger charge is -2.36. The molecule has 1 aromatic rings. The van der Waals surface area contributed by atoms with Gasteiger partial charge in [-0.05, 0) is 31.9 Å². The Morgan fingerprint density at radius 1 is 1.33 bits per heavy atom. The standard InChI is InChI=1S/C15H22ClNO/c1-11-6-3-4-9-14(11)17(2)10-12-7-5-8-13(16)15(12)18/h5,7-8,11,14,18H,3-4,6,9-10H2,1-2H3. The van der Waals surface area contributed by atoms with E-state index in [9.17, 15) is 5.11 Å². The molecule has 1 N–H and O–H groups in total. The van der Waals surface area contributed by atoms with Crippen LogP contribution in [0.25, 0.3) is 0 Å². The number of benzene rings is 1. The van der Waals surface area contributed by atoms with Gasteiger partial charge in [0.1, 0.15) is 5.75 Å². The Bertz CT molecular complexity index is 407. The van der Waals surface area contributed by atoms with E-state index in [0.717, 1.165) is 18.0 Å². The van der Waals surface area contributed by atoms with Crippen LogP contribution in [0.4, 0.5) is 0 Å². The second-order valence-electron chi connectivity index (χ2n) is 5.49. The van der Waals surface area contributed by atoms with Gasteiger partial charge < -0.3 is 5.11 Å². The van der Waals surface area contributed by atoms with E-state index in [1.165, 1.54) is 25.7 Å². The quantitative estimate of drug-likeness (QED) is 0.893. The van der Waals surface area contributed by atoms with E-state index in [1.807, 2.05) is 12.1 Å². The van der Waals surface area contributed by atoms with E-state index < -0.39 is 0 Å². The molecule has 100 valence electrons. The minimum Gasteiger partial charge on any atom is -0.506 e. The van der Waals surface area contributed by atoms with Gasteiger partial charge in [-0.25, -0.2) is 0 Å². The highest BCUT2D eigenvalue weighted by molar-refractivity contribution is 6.32. The van der Waals surface area contributed by atoms with Crippen LogP contribution in [0.5, 0.6) is 5.75 Å². The van der Waals surface area contributed by atoms with E-state index in [4.69, 9.17) is 11.6 Å².